The summed E-state index contributed by atoms with van der Waals surface area (Å²) in [5.41, 5.74) is -0.683. The molecule has 0 radical (unpaired) electrons. The molecule has 0 aliphatic heterocycles. The van der Waals surface area contributed by atoms with E-state index in [1.807, 2.05) is 20.8 Å². The summed E-state index contributed by atoms with van der Waals surface area (Å²) >= 11 is 0. The van der Waals surface area contributed by atoms with E-state index in [-0.39, 0.29) is 22.8 Å². The van der Waals surface area contributed by atoms with Crippen LogP contribution in [-0.4, -0.2) is 35.0 Å². The van der Waals surface area contributed by atoms with Crippen molar-refractivity contribution in [2.24, 2.45) is 5.41 Å². The monoisotopic (exact) mass is 239 g/mol. The lowest BCUT2D eigenvalue weighted by Crippen LogP contribution is -2.76. The van der Waals surface area contributed by atoms with Crippen LogP contribution in [0, 0.1) is 5.41 Å². The molecule has 0 aromatic rings. The third-order valence-corrected chi connectivity index (χ3v) is 4.13. The van der Waals surface area contributed by atoms with Crippen molar-refractivity contribution in [2.75, 3.05) is 7.05 Å². The van der Waals surface area contributed by atoms with Gasteiger partial charge in [-0.1, -0.05) is 0 Å². The number of amides is 1. The van der Waals surface area contributed by atoms with Crippen LogP contribution in [-0.2, 0) is 9.53 Å². The molecule has 0 atom stereocenters. The van der Waals surface area contributed by atoms with Gasteiger partial charge < -0.3 is 9.64 Å². The second-order valence-corrected chi connectivity index (χ2v) is 6.63. The zero-order valence-electron chi connectivity index (χ0n) is 11.3. The normalized spacial score (nSPS) is 34.4. The number of hydrogen-bond donors (Lipinski definition) is 0. The Balaban J connectivity index is 1.94. The maximum Gasteiger partial charge on any atom is 0.410 e. The van der Waals surface area contributed by atoms with E-state index in [9.17, 15) is 9.59 Å². The van der Waals surface area contributed by atoms with Gasteiger partial charge in [0, 0.05) is 18.0 Å². The molecule has 96 valence electrons. The van der Waals surface area contributed by atoms with Crippen molar-refractivity contribution < 1.29 is 14.3 Å². The van der Waals surface area contributed by atoms with E-state index in [2.05, 4.69) is 0 Å². The van der Waals surface area contributed by atoms with Gasteiger partial charge in [0.05, 0.1) is 0 Å². The van der Waals surface area contributed by atoms with Crippen molar-refractivity contribution >= 4 is 11.9 Å². The average molecular weight is 239 g/mol. The van der Waals surface area contributed by atoms with Gasteiger partial charge in [0.15, 0.2) is 0 Å². The third-order valence-electron chi connectivity index (χ3n) is 4.13. The van der Waals surface area contributed by atoms with Crippen LogP contribution in [0.15, 0.2) is 0 Å². The number of Topliss-reactive ketones (excluding diaryl/α,β-unsaturated/α-hetero) is 1. The second kappa shape index (κ2) is 3.24. The van der Waals surface area contributed by atoms with Gasteiger partial charge in [-0.3, -0.25) is 4.79 Å². The van der Waals surface area contributed by atoms with Crippen LogP contribution in [0.25, 0.3) is 0 Å². The number of carbonyl (C=O) groups excluding carboxylic acids is 2. The van der Waals surface area contributed by atoms with Gasteiger partial charge in [0.2, 0.25) is 0 Å². The van der Waals surface area contributed by atoms with Crippen molar-refractivity contribution in [1.82, 2.24) is 4.90 Å². The van der Waals surface area contributed by atoms with E-state index in [0.717, 1.165) is 19.3 Å². The van der Waals surface area contributed by atoms with Gasteiger partial charge in [-0.15, -0.1) is 0 Å². The minimum absolute atomic E-state index is 0.103. The van der Waals surface area contributed by atoms with Crippen molar-refractivity contribution in [3.05, 3.63) is 0 Å². The predicted molar refractivity (Wildman–Crippen MR) is 63.7 cm³/mol. The molecule has 17 heavy (non-hydrogen) atoms. The predicted octanol–water partition coefficient (Wildman–Crippen LogP) is 2.37. The highest BCUT2D eigenvalue weighted by molar-refractivity contribution is 5.87. The molecule has 0 saturated heterocycles. The summed E-state index contributed by atoms with van der Waals surface area (Å²) in [6, 6.07) is 0. The minimum atomic E-state index is -0.465. The Bertz CT molecular complexity index is 361. The van der Waals surface area contributed by atoms with Crippen molar-refractivity contribution in [3.63, 3.8) is 0 Å². The molecule has 0 aromatic carbocycles. The van der Waals surface area contributed by atoms with Gasteiger partial charge in [0.25, 0.3) is 0 Å². The molecule has 4 nitrogen and oxygen atoms in total. The molecule has 3 aliphatic carbocycles. The zero-order chi connectivity index (χ0) is 13.1. The molecule has 0 spiro atoms. The Kier molecular flexibility index (Phi) is 2.36. The maximum atomic E-state index is 11.9. The largest absolute Gasteiger partial charge is 0.444 e. The van der Waals surface area contributed by atoms with E-state index in [0.29, 0.717) is 0 Å². The first-order valence-electron chi connectivity index (χ1n) is 6.08. The number of hydrogen-bond acceptors (Lipinski definition) is 3. The molecule has 4 heteroatoms. The SMILES string of the molecule is CC(=O)C12CC(N(C)C(=O)OC(C)(C)C)(C1)C2. The highest BCUT2D eigenvalue weighted by atomic mass is 16.6. The Hall–Kier alpha value is -1.06. The van der Waals surface area contributed by atoms with Crippen LogP contribution < -0.4 is 0 Å². The van der Waals surface area contributed by atoms with E-state index < -0.39 is 5.60 Å². The molecular formula is C13H21NO3. The van der Waals surface area contributed by atoms with Crippen LogP contribution in [0.4, 0.5) is 4.79 Å². The summed E-state index contributed by atoms with van der Waals surface area (Å²) in [5.74, 6) is 0.261. The lowest BCUT2D eigenvalue weighted by molar-refractivity contribution is -0.204. The maximum absolute atomic E-state index is 11.9. The Morgan fingerprint density at radius 3 is 2.00 bits per heavy atom. The first-order chi connectivity index (χ1) is 7.60. The molecule has 3 rings (SSSR count). The Morgan fingerprint density at radius 1 is 1.18 bits per heavy atom. The lowest BCUT2D eigenvalue weighted by Gasteiger charge is -2.71. The number of rotatable bonds is 2. The van der Waals surface area contributed by atoms with Crippen LogP contribution >= 0.6 is 0 Å². The molecule has 1 amide bonds. The van der Waals surface area contributed by atoms with Crippen molar-refractivity contribution in [2.45, 2.75) is 58.1 Å². The summed E-state index contributed by atoms with van der Waals surface area (Å²) < 4.78 is 5.34. The van der Waals surface area contributed by atoms with Gasteiger partial charge in [-0.05, 0) is 47.0 Å². The molecule has 0 heterocycles. The summed E-state index contributed by atoms with van der Waals surface area (Å²) in [7, 11) is 1.78. The van der Waals surface area contributed by atoms with Crippen LogP contribution in [0.5, 0.6) is 0 Å². The summed E-state index contributed by atoms with van der Waals surface area (Å²) in [6.07, 6.45) is 2.15. The fourth-order valence-electron chi connectivity index (χ4n) is 2.99. The Labute approximate surface area is 102 Å². The molecule has 3 aliphatic rings. The molecule has 3 fully saturated rings. The topological polar surface area (TPSA) is 46.6 Å². The van der Waals surface area contributed by atoms with E-state index in [4.69, 9.17) is 4.74 Å². The van der Waals surface area contributed by atoms with Gasteiger partial charge in [0.1, 0.15) is 11.4 Å². The van der Waals surface area contributed by atoms with Gasteiger partial charge in [-0.25, -0.2) is 4.79 Å². The standard InChI is InChI=1S/C13H21NO3/c1-9(15)12-6-13(7-12,8-12)14(5)10(16)17-11(2,3)4/h6-8H2,1-5H3. The van der Waals surface area contributed by atoms with Gasteiger partial charge in [-0.2, -0.15) is 0 Å². The van der Waals surface area contributed by atoms with E-state index >= 15 is 0 Å². The number of nitrogens with zero attached hydrogens (tertiary/aromatic N) is 1. The summed E-state index contributed by atoms with van der Waals surface area (Å²) in [5, 5.41) is 0. The molecule has 0 aromatic heterocycles. The highest BCUT2D eigenvalue weighted by Gasteiger charge is 2.72. The molecule has 3 saturated carbocycles. The van der Waals surface area contributed by atoms with Crippen LogP contribution in [0.1, 0.15) is 47.0 Å². The van der Waals surface area contributed by atoms with Crippen LogP contribution in [0.3, 0.4) is 0 Å². The molecular weight excluding hydrogens is 218 g/mol. The number of ketones is 1. The molecule has 0 N–H and O–H groups in total. The average Bonchev–Trinajstić information content (AvgIpc) is 1.93. The minimum Gasteiger partial charge on any atom is -0.444 e. The summed E-state index contributed by atoms with van der Waals surface area (Å²) in [4.78, 5) is 25.0. The van der Waals surface area contributed by atoms with Gasteiger partial charge >= 0.3 is 6.09 Å². The fourth-order valence-corrected chi connectivity index (χ4v) is 2.99. The number of carbonyl (C=O) groups is 2. The smallest absolute Gasteiger partial charge is 0.410 e. The first kappa shape index (κ1) is 12.4. The Morgan fingerprint density at radius 2 is 1.65 bits per heavy atom. The second-order valence-electron chi connectivity index (χ2n) is 6.63. The first-order valence-corrected chi connectivity index (χ1v) is 6.08. The quantitative estimate of drug-likeness (QED) is 0.743. The number of ether oxygens (including phenoxy) is 1. The zero-order valence-corrected chi connectivity index (χ0v) is 11.3. The third kappa shape index (κ3) is 1.74. The summed E-state index contributed by atoms with van der Waals surface area (Å²) in [6.45, 7) is 7.23. The van der Waals surface area contributed by atoms with E-state index in [1.54, 1.807) is 18.9 Å². The van der Waals surface area contributed by atoms with Crippen molar-refractivity contribution in [1.29, 1.82) is 0 Å². The molecule has 2 bridgehead atoms. The van der Waals surface area contributed by atoms with Crippen LogP contribution in [0.2, 0.25) is 0 Å². The lowest BCUT2D eigenvalue weighted by atomic mass is 9.37. The fraction of sp³-hybridized carbons (Fsp3) is 0.846. The highest BCUT2D eigenvalue weighted by Crippen LogP contribution is 2.70. The van der Waals surface area contributed by atoms with Crippen molar-refractivity contribution in [3.8, 4) is 0 Å². The van der Waals surface area contributed by atoms with E-state index in [1.165, 1.54) is 0 Å². The molecule has 0 unspecified atom stereocenters.